The van der Waals surface area contributed by atoms with Crippen molar-refractivity contribution in [2.75, 3.05) is 30.4 Å². The first-order valence-corrected chi connectivity index (χ1v) is 19.6. The van der Waals surface area contributed by atoms with Crippen molar-refractivity contribution >= 4 is 46.9 Å². The van der Waals surface area contributed by atoms with Gasteiger partial charge in [-0.25, -0.2) is 5.84 Å². The third-order valence-electron chi connectivity index (χ3n) is 10.5. The van der Waals surface area contributed by atoms with E-state index >= 15 is 0 Å². The monoisotopic (exact) mass is 781 g/mol. The number of carbonyl (C=O) groups excluding carboxylic acids is 4. The second-order valence-electron chi connectivity index (χ2n) is 15.0. The lowest BCUT2D eigenvalue weighted by molar-refractivity contribution is -0.124. The van der Waals surface area contributed by atoms with Crippen LogP contribution >= 0.6 is 0 Å². The van der Waals surface area contributed by atoms with E-state index in [4.69, 9.17) is 22.0 Å². The lowest BCUT2D eigenvalue weighted by Crippen LogP contribution is -2.48. The molecule has 1 atom stereocenters. The third-order valence-corrected chi connectivity index (χ3v) is 10.5. The van der Waals surface area contributed by atoms with E-state index in [2.05, 4.69) is 66.3 Å². The van der Waals surface area contributed by atoms with Crippen LogP contribution in [0.2, 0.25) is 0 Å². The molecular formula is C45H51N9O4. The van der Waals surface area contributed by atoms with Crippen LogP contribution in [0.1, 0.15) is 97.1 Å². The van der Waals surface area contributed by atoms with Crippen molar-refractivity contribution in [3.05, 3.63) is 118 Å². The number of likely N-dealkylation sites (N-methyl/N-ethyl adjacent to an activating group) is 1. The predicted octanol–water partition coefficient (Wildman–Crippen LogP) is 5.47. The zero-order valence-corrected chi connectivity index (χ0v) is 33.4. The minimum Gasteiger partial charge on any atom is -0.399 e. The SMILES string of the molecule is C=C(C)N1C(=N)C2(CC2)N=C(C2=CCC=C(C)C=C2)c2cc(C#CCCCCN(N)/C=C(\N)CNc3cccc4c3C(=O)N(C(CCC=O)C(=O)NC)C4=O)ccc21. The van der Waals surface area contributed by atoms with Crippen LogP contribution in [0.25, 0.3) is 0 Å². The van der Waals surface area contributed by atoms with Crippen molar-refractivity contribution in [1.29, 1.82) is 5.41 Å². The number of hydrogen-bond acceptors (Lipinski definition) is 10. The highest BCUT2D eigenvalue weighted by Crippen LogP contribution is 2.47. The number of fused-ring (bicyclic) bond motifs is 2. The summed E-state index contributed by atoms with van der Waals surface area (Å²) in [5.74, 6) is 11.6. The fourth-order valence-electron chi connectivity index (χ4n) is 7.34. The Kier molecular flexibility index (Phi) is 12.6. The minimum atomic E-state index is -1.11. The van der Waals surface area contributed by atoms with E-state index in [9.17, 15) is 19.2 Å². The minimum absolute atomic E-state index is 0.0202. The highest BCUT2D eigenvalue weighted by Gasteiger charge is 2.52. The van der Waals surface area contributed by atoms with Crippen LogP contribution in [-0.2, 0) is 9.59 Å². The summed E-state index contributed by atoms with van der Waals surface area (Å²) in [6, 6.07) is 9.84. The van der Waals surface area contributed by atoms with Crippen LogP contribution in [0.15, 0.2) is 101 Å². The molecule has 300 valence electrons. The summed E-state index contributed by atoms with van der Waals surface area (Å²) in [6.07, 6.45) is 15.7. The number of nitrogens with zero attached hydrogens (tertiary/aromatic N) is 4. The topological polar surface area (TPSA) is 190 Å². The van der Waals surface area contributed by atoms with E-state index in [0.29, 0.717) is 36.5 Å². The van der Waals surface area contributed by atoms with Gasteiger partial charge in [-0.2, -0.15) is 0 Å². The summed E-state index contributed by atoms with van der Waals surface area (Å²) in [5.41, 5.74) is 13.5. The molecule has 0 saturated heterocycles. The molecule has 2 aromatic rings. The molecule has 13 heteroatoms. The first-order chi connectivity index (χ1) is 27.9. The molecule has 2 aromatic carbocycles. The number of anilines is 2. The molecule has 2 aliphatic heterocycles. The molecule has 1 spiro atoms. The normalized spacial score (nSPS) is 17.1. The van der Waals surface area contributed by atoms with Gasteiger partial charge < -0.3 is 31.1 Å². The van der Waals surface area contributed by atoms with Gasteiger partial charge in [0.1, 0.15) is 23.7 Å². The maximum absolute atomic E-state index is 13.5. The van der Waals surface area contributed by atoms with Crippen LogP contribution in [0.4, 0.5) is 11.4 Å². The summed E-state index contributed by atoms with van der Waals surface area (Å²) in [6.45, 7) is 8.92. The van der Waals surface area contributed by atoms with E-state index in [0.717, 1.165) is 70.8 Å². The number of imide groups is 1. The molecule has 1 fully saturated rings. The highest BCUT2D eigenvalue weighted by molar-refractivity contribution is 6.25. The number of nitrogens with one attached hydrogen (secondary N) is 3. The predicted molar refractivity (Wildman–Crippen MR) is 228 cm³/mol. The number of hydrazine groups is 1. The first kappa shape index (κ1) is 41.1. The average Bonchev–Trinajstić information content (AvgIpc) is 4.00. The lowest BCUT2D eigenvalue weighted by Gasteiger charge is -2.28. The van der Waals surface area contributed by atoms with Gasteiger partial charge in [0.05, 0.1) is 29.1 Å². The van der Waals surface area contributed by atoms with E-state index < -0.39 is 29.3 Å². The lowest BCUT2D eigenvalue weighted by atomic mass is 9.97. The van der Waals surface area contributed by atoms with Crippen LogP contribution in [0.5, 0.6) is 0 Å². The Labute approximate surface area is 339 Å². The van der Waals surface area contributed by atoms with Gasteiger partial charge in [0, 0.05) is 60.8 Å². The maximum atomic E-state index is 13.5. The molecule has 58 heavy (non-hydrogen) atoms. The zero-order valence-electron chi connectivity index (χ0n) is 33.4. The Balaban J connectivity index is 1.05. The Morgan fingerprint density at radius 3 is 2.66 bits per heavy atom. The Morgan fingerprint density at radius 2 is 1.93 bits per heavy atom. The van der Waals surface area contributed by atoms with Gasteiger partial charge in [-0.05, 0) is 88.3 Å². The number of rotatable bonds is 15. The van der Waals surface area contributed by atoms with Gasteiger partial charge in [0.15, 0.2) is 0 Å². The number of aldehydes is 1. The molecule has 0 bridgehead atoms. The smallest absolute Gasteiger partial charge is 0.264 e. The summed E-state index contributed by atoms with van der Waals surface area (Å²) in [7, 11) is 1.41. The molecule has 0 aromatic heterocycles. The van der Waals surface area contributed by atoms with Crippen molar-refractivity contribution in [2.45, 2.75) is 76.8 Å². The molecule has 0 radical (unpaired) electrons. The molecule has 2 heterocycles. The van der Waals surface area contributed by atoms with Gasteiger partial charge in [-0.1, -0.05) is 54.4 Å². The van der Waals surface area contributed by atoms with E-state index in [1.807, 2.05) is 24.0 Å². The number of nitrogens with two attached hydrogens (primary N) is 2. The van der Waals surface area contributed by atoms with Crippen molar-refractivity contribution in [2.24, 2.45) is 16.6 Å². The number of unbranched alkanes of at least 4 members (excludes halogenated alkanes) is 2. The number of carbonyl (C=O) groups is 4. The second kappa shape index (κ2) is 17.7. The molecule has 1 saturated carbocycles. The Bertz CT molecular complexity index is 2270. The fraction of sp³-hybridized carbons (Fsp3) is 0.333. The standard InChI is InChI=1S/C45H51N9O4/c1-29(2)53-37-21-19-31(26-35(37)40(51-45(22-23-45)44(53)47)32-14-9-12-30(3)18-20-32)13-7-5-6-8-24-52(48)28-33(46)27-50-36-16-10-15-34-39(36)43(58)54(42(34)57)38(17-11-25-55)41(56)49-4/h10,12,14-16,18-21,25-26,28,38,47,50H,1,5-6,8-9,11,17,22-24,27,46,48H2,2-4H3,(H,49,56)/b33-28-,47-44?. The summed E-state index contributed by atoms with van der Waals surface area (Å²) >= 11 is 0. The summed E-state index contributed by atoms with van der Waals surface area (Å²) < 4.78 is 0. The van der Waals surface area contributed by atoms with Gasteiger partial charge in [0.25, 0.3) is 11.8 Å². The number of amides is 3. The number of allylic oxidation sites excluding steroid dienone is 7. The second-order valence-corrected chi connectivity index (χ2v) is 15.0. The number of amidine groups is 1. The van der Waals surface area contributed by atoms with Crippen LogP contribution < -0.4 is 27.1 Å². The Hall–Kier alpha value is -6.52. The molecule has 3 amide bonds. The molecule has 2 aliphatic carbocycles. The van der Waals surface area contributed by atoms with Gasteiger partial charge in [-0.15, -0.1) is 0 Å². The van der Waals surface area contributed by atoms with Crippen molar-refractivity contribution in [3.8, 4) is 11.8 Å². The van der Waals surface area contributed by atoms with Crippen molar-refractivity contribution in [1.82, 2.24) is 15.2 Å². The van der Waals surface area contributed by atoms with E-state index in [1.165, 1.54) is 23.7 Å². The van der Waals surface area contributed by atoms with Crippen LogP contribution in [0, 0.1) is 17.3 Å². The number of aliphatic imine (C=N–C) groups is 1. The van der Waals surface area contributed by atoms with E-state index in [1.54, 1.807) is 18.3 Å². The van der Waals surface area contributed by atoms with Gasteiger partial charge in [0.2, 0.25) is 5.91 Å². The summed E-state index contributed by atoms with van der Waals surface area (Å²) in [5, 5.41) is 16.3. The molecule has 1 unspecified atom stereocenters. The zero-order chi connectivity index (χ0) is 41.6. The third kappa shape index (κ3) is 8.72. The summed E-state index contributed by atoms with van der Waals surface area (Å²) in [4.78, 5) is 58.4. The van der Waals surface area contributed by atoms with Crippen LogP contribution in [0.3, 0.4) is 0 Å². The maximum Gasteiger partial charge on any atom is 0.264 e. The van der Waals surface area contributed by atoms with Crippen molar-refractivity contribution < 1.29 is 19.2 Å². The number of hydrogen-bond donors (Lipinski definition) is 5. The highest BCUT2D eigenvalue weighted by atomic mass is 16.2. The van der Waals surface area contributed by atoms with Gasteiger partial charge >= 0.3 is 0 Å². The Morgan fingerprint density at radius 1 is 1.14 bits per heavy atom. The van der Waals surface area contributed by atoms with Gasteiger partial charge in [-0.3, -0.25) is 29.7 Å². The van der Waals surface area contributed by atoms with Crippen LogP contribution in [-0.4, -0.2) is 77.2 Å². The first-order valence-electron chi connectivity index (χ1n) is 19.6. The van der Waals surface area contributed by atoms with Crippen molar-refractivity contribution in [3.63, 3.8) is 0 Å². The van der Waals surface area contributed by atoms with E-state index in [-0.39, 0.29) is 30.5 Å². The molecule has 7 N–H and O–H groups in total. The largest absolute Gasteiger partial charge is 0.399 e. The molecule has 13 nitrogen and oxygen atoms in total. The quantitative estimate of drug-likeness (QED) is 0.0390. The molecule has 4 aliphatic rings. The fourth-order valence-corrected chi connectivity index (χ4v) is 7.34. The number of benzene rings is 2. The molecule has 6 rings (SSSR count). The average molecular weight is 782 g/mol. The molecular weight excluding hydrogens is 731 g/mol.